The molecule has 0 aliphatic carbocycles. The van der Waals surface area contributed by atoms with Crippen LogP contribution in [0.4, 0.5) is 0 Å². The van der Waals surface area contributed by atoms with Crippen molar-refractivity contribution >= 4 is 5.78 Å². The molecular weight excluding hydrogens is 170 g/mol. The maximum absolute atomic E-state index is 11.4. The summed E-state index contributed by atoms with van der Waals surface area (Å²) in [5, 5.41) is 3.54. The summed E-state index contributed by atoms with van der Waals surface area (Å²) in [5.74, 6) is 0.295. The first-order chi connectivity index (χ1) is 6.19. The molecule has 0 radical (unpaired) electrons. The number of hydrogen-bond donors (Lipinski definition) is 1. The van der Waals surface area contributed by atoms with E-state index in [0.717, 1.165) is 0 Å². The Kier molecular flexibility index (Phi) is 3.13. The number of ketones is 1. The predicted molar refractivity (Wildman–Crippen MR) is 46.3 cm³/mol. The zero-order chi connectivity index (χ0) is 9.84. The van der Waals surface area contributed by atoms with Crippen molar-refractivity contribution in [1.82, 2.24) is 10.1 Å². The van der Waals surface area contributed by atoms with Gasteiger partial charge in [-0.1, -0.05) is 19.0 Å². The highest BCUT2D eigenvalue weighted by Crippen LogP contribution is 2.02. The molecule has 2 N–H and O–H groups in total. The smallest absolute Gasteiger partial charge is 0.240 e. The van der Waals surface area contributed by atoms with E-state index in [1.165, 1.54) is 0 Å². The van der Waals surface area contributed by atoms with Crippen LogP contribution in [0.3, 0.4) is 0 Å². The molecular formula is C8H13N3O2. The van der Waals surface area contributed by atoms with Crippen LogP contribution in [0.1, 0.15) is 36.8 Å². The summed E-state index contributed by atoms with van der Waals surface area (Å²) >= 11 is 0. The van der Waals surface area contributed by atoms with Gasteiger partial charge in [-0.05, 0) is 6.42 Å². The lowest BCUT2D eigenvalue weighted by atomic mass is 10.1. The lowest BCUT2D eigenvalue weighted by molar-refractivity contribution is 0.0946. The third-order valence-electron chi connectivity index (χ3n) is 1.77. The summed E-state index contributed by atoms with van der Waals surface area (Å²) in [7, 11) is 0. The second-order valence-corrected chi connectivity index (χ2v) is 2.74. The Hall–Kier alpha value is -1.23. The van der Waals surface area contributed by atoms with Crippen molar-refractivity contribution in [3.63, 3.8) is 0 Å². The Morgan fingerprint density at radius 1 is 1.62 bits per heavy atom. The number of carbonyl (C=O) groups excluding carboxylic acids is 1. The summed E-state index contributed by atoms with van der Waals surface area (Å²) in [5.41, 5.74) is 5.53. The first-order valence-electron chi connectivity index (χ1n) is 4.31. The quantitative estimate of drug-likeness (QED) is 0.689. The van der Waals surface area contributed by atoms with Gasteiger partial charge in [-0.15, -0.1) is 0 Å². The third-order valence-corrected chi connectivity index (χ3v) is 1.77. The van der Waals surface area contributed by atoms with E-state index in [-0.39, 0.29) is 11.6 Å². The summed E-state index contributed by atoms with van der Waals surface area (Å²) in [6.45, 7) is 3.71. The van der Waals surface area contributed by atoms with Crippen molar-refractivity contribution in [3.8, 4) is 0 Å². The molecule has 0 saturated carbocycles. The van der Waals surface area contributed by atoms with Crippen LogP contribution in [0.25, 0.3) is 0 Å². The number of nitrogens with two attached hydrogens (primary N) is 1. The number of aromatic nitrogens is 2. The summed E-state index contributed by atoms with van der Waals surface area (Å²) in [6.07, 6.45) is 1.20. The Bertz CT molecular complexity index is 295. The van der Waals surface area contributed by atoms with E-state index < -0.39 is 6.04 Å². The molecule has 1 aromatic rings. The van der Waals surface area contributed by atoms with Gasteiger partial charge in [-0.2, -0.15) is 4.98 Å². The maximum Gasteiger partial charge on any atom is 0.240 e. The number of Topliss-reactive ketones (excluding diaryl/α,β-unsaturated/α-hetero) is 1. The number of nitrogens with zero attached hydrogens (tertiary/aromatic N) is 2. The Balaban J connectivity index is 2.77. The lowest BCUT2D eigenvalue weighted by Crippen LogP contribution is -2.30. The van der Waals surface area contributed by atoms with E-state index in [4.69, 9.17) is 10.3 Å². The molecule has 13 heavy (non-hydrogen) atoms. The molecule has 0 aromatic carbocycles. The summed E-state index contributed by atoms with van der Waals surface area (Å²) in [6, 6.07) is -0.526. The summed E-state index contributed by atoms with van der Waals surface area (Å²) < 4.78 is 4.79. The van der Waals surface area contributed by atoms with Gasteiger partial charge in [0.25, 0.3) is 0 Å². The van der Waals surface area contributed by atoms with E-state index in [1.54, 1.807) is 0 Å². The second kappa shape index (κ2) is 4.13. The van der Waals surface area contributed by atoms with Crippen molar-refractivity contribution in [1.29, 1.82) is 0 Å². The molecule has 0 saturated heterocycles. The lowest BCUT2D eigenvalue weighted by Gasteiger charge is -2.01. The SMILES string of the molecule is CCc1nc(C(=O)[C@@H](N)CC)no1. The zero-order valence-electron chi connectivity index (χ0n) is 7.78. The van der Waals surface area contributed by atoms with Gasteiger partial charge < -0.3 is 10.3 Å². The number of hydrogen-bond acceptors (Lipinski definition) is 5. The first kappa shape index (κ1) is 9.85. The minimum atomic E-state index is -0.526. The van der Waals surface area contributed by atoms with Crippen molar-refractivity contribution < 1.29 is 9.32 Å². The van der Waals surface area contributed by atoms with Crippen LogP contribution in [0.15, 0.2) is 4.52 Å². The fourth-order valence-electron chi connectivity index (χ4n) is 0.850. The number of aryl methyl sites for hydroxylation is 1. The highest BCUT2D eigenvalue weighted by atomic mass is 16.5. The predicted octanol–water partition coefficient (Wildman–Crippen LogP) is 0.552. The van der Waals surface area contributed by atoms with Crippen molar-refractivity contribution in [2.24, 2.45) is 5.73 Å². The second-order valence-electron chi connectivity index (χ2n) is 2.74. The standard InChI is InChI=1S/C8H13N3O2/c1-3-5(9)7(12)8-10-6(4-2)13-11-8/h5H,3-4,9H2,1-2H3/t5-/m0/s1. The van der Waals surface area contributed by atoms with E-state index in [1.807, 2.05) is 13.8 Å². The first-order valence-corrected chi connectivity index (χ1v) is 4.31. The van der Waals surface area contributed by atoms with Crippen LogP contribution < -0.4 is 5.73 Å². The van der Waals surface area contributed by atoms with Gasteiger partial charge in [0, 0.05) is 6.42 Å². The van der Waals surface area contributed by atoms with Crippen LogP contribution >= 0.6 is 0 Å². The average Bonchev–Trinajstić information content (AvgIpc) is 2.63. The van der Waals surface area contributed by atoms with E-state index in [9.17, 15) is 4.79 Å². The normalized spacial score (nSPS) is 12.8. The minimum Gasteiger partial charge on any atom is -0.339 e. The van der Waals surface area contributed by atoms with Gasteiger partial charge in [0.1, 0.15) is 0 Å². The molecule has 1 aromatic heterocycles. The highest BCUT2D eigenvalue weighted by Gasteiger charge is 2.19. The molecule has 0 fully saturated rings. The Labute approximate surface area is 76.3 Å². The molecule has 0 unspecified atom stereocenters. The molecule has 1 heterocycles. The van der Waals surface area contributed by atoms with Crippen LogP contribution in [-0.4, -0.2) is 22.0 Å². The molecule has 0 amide bonds. The van der Waals surface area contributed by atoms with Gasteiger partial charge >= 0.3 is 0 Å². The van der Waals surface area contributed by atoms with Crippen molar-refractivity contribution in [2.45, 2.75) is 32.7 Å². The molecule has 0 aliphatic rings. The molecule has 0 aliphatic heterocycles. The van der Waals surface area contributed by atoms with Crippen LogP contribution in [-0.2, 0) is 6.42 Å². The monoisotopic (exact) mass is 183 g/mol. The third kappa shape index (κ3) is 2.12. The van der Waals surface area contributed by atoms with Crippen LogP contribution in [0.2, 0.25) is 0 Å². The van der Waals surface area contributed by atoms with Crippen LogP contribution in [0, 0.1) is 0 Å². The summed E-state index contributed by atoms with van der Waals surface area (Å²) in [4.78, 5) is 15.3. The molecule has 0 spiro atoms. The largest absolute Gasteiger partial charge is 0.339 e. The molecule has 1 rings (SSSR count). The van der Waals surface area contributed by atoms with Gasteiger partial charge in [0.2, 0.25) is 17.5 Å². The Morgan fingerprint density at radius 2 is 2.31 bits per heavy atom. The van der Waals surface area contributed by atoms with Crippen molar-refractivity contribution in [3.05, 3.63) is 11.7 Å². The number of carbonyl (C=O) groups is 1. The highest BCUT2D eigenvalue weighted by molar-refractivity contribution is 5.96. The molecule has 72 valence electrons. The van der Waals surface area contributed by atoms with Crippen LogP contribution in [0.5, 0.6) is 0 Å². The Morgan fingerprint density at radius 3 is 2.77 bits per heavy atom. The van der Waals surface area contributed by atoms with E-state index in [2.05, 4.69) is 10.1 Å². The molecule has 1 atom stereocenters. The molecule has 5 nitrogen and oxygen atoms in total. The molecule has 5 heteroatoms. The molecule has 0 bridgehead atoms. The van der Waals surface area contributed by atoms with Gasteiger partial charge in [-0.25, -0.2) is 0 Å². The van der Waals surface area contributed by atoms with Crippen molar-refractivity contribution in [2.75, 3.05) is 0 Å². The fourth-order valence-corrected chi connectivity index (χ4v) is 0.850. The van der Waals surface area contributed by atoms with Gasteiger partial charge in [0.05, 0.1) is 6.04 Å². The fraction of sp³-hybridized carbons (Fsp3) is 0.625. The van der Waals surface area contributed by atoms with Gasteiger partial charge in [-0.3, -0.25) is 4.79 Å². The van der Waals surface area contributed by atoms with E-state index in [0.29, 0.717) is 18.7 Å². The maximum atomic E-state index is 11.4. The van der Waals surface area contributed by atoms with E-state index >= 15 is 0 Å². The average molecular weight is 183 g/mol. The zero-order valence-corrected chi connectivity index (χ0v) is 7.78. The van der Waals surface area contributed by atoms with Gasteiger partial charge in [0.15, 0.2) is 0 Å². The topological polar surface area (TPSA) is 82.0 Å². The minimum absolute atomic E-state index is 0.0891. The number of rotatable bonds is 4.